The number of hydrogen-bond acceptors (Lipinski definition) is 6. The van der Waals surface area contributed by atoms with Crippen molar-refractivity contribution in [2.24, 2.45) is 12.2 Å². The Balaban J connectivity index is 2.24. The van der Waals surface area contributed by atoms with E-state index in [0.29, 0.717) is 40.8 Å². The lowest BCUT2D eigenvalue weighted by Crippen LogP contribution is -2.08. The van der Waals surface area contributed by atoms with Crippen LogP contribution in [0.1, 0.15) is 47.1 Å². The number of unbranched alkanes of at least 4 members (excludes halogenated alkanes) is 1. The van der Waals surface area contributed by atoms with E-state index in [1.54, 1.807) is 20.0 Å². The van der Waals surface area contributed by atoms with Crippen LogP contribution in [0, 0.1) is 13.8 Å². The van der Waals surface area contributed by atoms with Gasteiger partial charge in [0, 0.05) is 13.5 Å². The van der Waals surface area contributed by atoms with Crippen LogP contribution in [0.4, 0.5) is 4.39 Å². The average Bonchev–Trinajstić information content (AvgIpc) is 3.07. The molecule has 3 rings (SSSR count). The van der Waals surface area contributed by atoms with Crippen molar-refractivity contribution in [1.82, 2.24) is 4.57 Å². The summed E-state index contributed by atoms with van der Waals surface area (Å²) >= 11 is 0. The second-order valence-corrected chi connectivity index (χ2v) is 7.91. The molecule has 0 bridgehead atoms. The van der Waals surface area contributed by atoms with Crippen LogP contribution in [-0.2, 0) is 16.7 Å². The number of oxazole rings is 1. The van der Waals surface area contributed by atoms with Gasteiger partial charge in [-0.25, -0.2) is 4.79 Å². The fourth-order valence-corrected chi connectivity index (χ4v) is 3.93. The van der Waals surface area contributed by atoms with Crippen molar-refractivity contribution >= 4 is 28.6 Å². The van der Waals surface area contributed by atoms with E-state index in [1.807, 2.05) is 31.2 Å². The van der Waals surface area contributed by atoms with E-state index in [0.717, 1.165) is 16.7 Å². The van der Waals surface area contributed by atoms with Gasteiger partial charge in [-0.05, 0) is 78.8 Å². The highest BCUT2D eigenvalue weighted by Gasteiger charge is 2.19. The van der Waals surface area contributed by atoms with E-state index in [4.69, 9.17) is 14.3 Å². The van der Waals surface area contributed by atoms with Crippen LogP contribution in [0.5, 0.6) is 5.75 Å². The van der Waals surface area contributed by atoms with Crippen LogP contribution in [0.15, 0.2) is 44.7 Å². The molecule has 0 spiro atoms. The Morgan fingerprint density at radius 3 is 2.50 bits per heavy atom. The van der Waals surface area contributed by atoms with E-state index in [2.05, 4.69) is 9.99 Å². The third-order valence-electron chi connectivity index (χ3n) is 5.52. The van der Waals surface area contributed by atoms with Gasteiger partial charge in [0.15, 0.2) is 5.58 Å². The first-order chi connectivity index (χ1) is 16.2. The number of aryl methyl sites for hydroxylation is 3. The van der Waals surface area contributed by atoms with E-state index < -0.39 is 17.7 Å². The van der Waals surface area contributed by atoms with Gasteiger partial charge >= 0.3 is 11.7 Å². The van der Waals surface area contributed by atoms with E-state index >= 15 is 0 Å². The van der Waals surface area contributed by atoms with Gasteiger partial charge in [-0.1, -0.05) is 11.2 Å². The molecule has 1 aromatic heterocycles. The largest absolute Gasteiger partial charge is 0.496 e. The zero-order chi connectivity index (χ0) is 25.0. The van der Waals surface area contributed by atoms with Crippen LogP contribution in [0.2, 0.25) is 0 Å². The molecule has 0 radical (unpaired) electrons. The molecule has 0 aliphatic carbocycles. The third kappa shape index (κ3) is 5.03. The second kappa shape index (κ2) is 10.4. The number of methoxy groups -OCH3 is 1. The number of carbonyl (C=O) groups is 1. The number of aliphatic carboxylic acids is 1. The molecule has 0 saturated carbocycles. The fourth-order valence-electron chi connectivity index (χ4n) is 3.93. The molecule has 1 N–H and O–H groups in total. The molecular formula is C25H27FN2O6. The molecule has 0 amide bonds. The molecule has 8 nitrogen and oxygen atoms in total. The number of carboxylic acids is 1. The lowest BCUT2D eigenvalue weighted by Gasteiger charge is -2.16. The maximum absolute atomic E-state index is 14.7. The number of rotatable bonds is 9. The Bertz CT molecular complexity index is 1350. The lowest BCUT2D eigenvalue weighted by atomic mass is 9.92. The molecule has 1 heterocycles. The molecule has 3 aromatic rings. The molecule has 0 fully saturated rings. The maximum atomic E-state index is 14.7. The number of fused-ring (bicyclic) bond motifs is 1. The molecule has 9 heteroatoms. The topological polar surface area (TPSA) is 103 Å². The van der Waals surface area contributed by atoms with Crippen LogP contribution >= 0.6 is 0 Å². The van der Waals surface area contributed by atoms with Gasteiger partial charge in [0.05, 0.1) is 18.2 Å². The van der Waals surface area contributed by atoms with Crippen molar-refractivity contribution in [3.63, 3.8) is 0 Å². The van der Waals surface area contributed by atoms with Crippen LogP contribution in [0.3, 0.4) is 0 Å². The van der Waals surface area contributed by atoms with Crippen molar-refractivity contribution in [3.05, 3.63) is 68.7 Å². The Labute approximate surface area is 195 Å². The van der Waals surface area contributed by atoms with Crippen molar-refractivity contribution < 1.29 is 28.3 Å². The summed E-state index contributed by atoms with van der Waals surface area (Å²) in [5.74, 6) is -1.85. The Hall–Kier alpha value is -3.88. The SMILES string of the molecule is CON=C(F)c1cc(C(=CCCCC(=O)O)c2cc(C)c3oc(=O)n(C)c3c2)cc(C)c1OC. The van der Waals surface area contributed by atoms with Crippen molar-refractivity contribution in [2.75, 3.05) is 14.2 Å². The number of oxime groups is 1. The van der Waals surface area contributed by atoms with Crippen LogP contribution in [-0.4, -0.2) is 35.8 Å². The molecule has 0 saturated heterocycles. The number of allylic oxidation sites excluding steroid dienone is 1. The number of aromatic nitrogens is 1. The Morgan fingerprint density at radius 1 is 1.18 bits per heavy atom. The highest BCUT2D eigenvalue weighted by Crippen LogP contribution is 2.34. The van der Waals surface area contributed by atoms with Gasteiger partial charge in [0.1, 0.15) is 12.9 Å². The zero-order valence-corrected chi connectivity index (χ0v) is 19.8. The van der Waals surface area contributed by atoms with Gasteiger partial charge in [-0.2, -0.15) is 4.39 Å². The van der Waals surface area contributed by atoms with E-state index in [9.17, 15) is 14.0 Å². The van der Waals surface area contributed by atoms with Gasteiger partial charge in [0.25, 0.3) is 5.97 Å². The molecule has 34 heavy (non-hydrogen) atoms. The standard InChI is InChI=1S/C25H27FN2O6/c1-14-10-16(12-19(22(14)32-4)24(26)27-33-5)18(8-6-7-9-21(29)30)17-11-15(2)23-20(13-17)28(3)25(31)34-23/h8,10-13H,6-7,9H2,1-5H3,(H,29,30). The van der Waals surface area contributed by atoms with Gasteiger partial charge < -0.3 is 19.1 Å². The molecular weight excluding hydrogens is 443 g/mol. The monoisotopic (exact) mass is 470 g/mol. The van der Waals surface area contributed by atoms with Crippen molar-refractivity contribution in [2.45, 2.75) is 33.1 Å². The number of halogens is 1. The smallest absolute Gasteiger partial charge is 0.419 e. The first-order valence-electron chi connectivity index (χ1n) is 10.7. The highest BCUT2D eigenvalue weighted by atomic mass is 19.1. The van der Waals surface area contributed by atoms with Gasteiger partial charge in [-0.15, -0.1) is 0 Å². The van der Waals surface area contributed by atoms with Crippen molar-refractivity contribution in [1.29, 1.82) is 0 Å². The highest BCUT2D eigenvalue weighted by molar-refractivity contribution is 5.98. The van der Waals surface area contributed by atoms with E-state index in [1.165, 1.54) is 18.8 Å². The summed E-state index contributed by atoms with van der Waals surface area (Å²) in [5, 5.41) is 12.4. The molecule has 0 atom stereocenters. The number of hydrogen-bond donors (Lipinski definition) is 1. The number of nitrogens with zero attached hydrogens (tertiary/aromatic N) is 2. The maximum Gasteiger partial charge on any atom is 0.419 e. The van der Waals surface area contributed by atoms with Crippen LogP contribution in [0.25, 0.3) is 16.7 Å². The Morgan fingerprint density at radius 2 is 1.85 bits per heavy atom. The van der Waals surface area contributed by atoms with Gasteiger partial charge in [0.2, 0.25) is 0 Å². The summed E-state index contributed by atoms with van der Waals surface area (Å²) in [7, 11) is 4.33. The molecule has 0 aliphatic heterocycles. The van der Waals surface area contributed by atoms with Crippen LogP contribution < -0.4 is 10.5 Å². The molecule has 0 aliphatic rings. The first-order valence-corrected chi connectivity index (χ1v) is 10.7. The zero-order valence-electron chi connectivity index (χ0n) is 19.8. The second-order valence-electron chi connectivity index (χ2n) is 7.91. The quantitative estimate of drug-likeness (QED) is 0.276. The molecule has 2 aromatic carbocycles. The number of carboxylic acid groups (broad SMARTS) is 1. The average molecular weight is 470 g/mol. The minimum atomic E-state index is -0.874. The summed E-state index contributed by atoms with van der Waals surface area (Å²) < 4.78 is 26.9. The predicted molar refractivity (Wildman–Crippen MR) is 127 cm³/mol. The normalized spacial score (nSPS) is 12.3. The summed E-state index contributed by atoms with van der Waals surface area (Å²) in [5.41, 5.74) is 4.89. The summed E-state index contributed by atoms with van der Waals surface area (Å²) in [6.45, 7) is 3.63. The Kier molecular flexibility index (Phi) is 7.55. The first kappa shape index (κ1) is 24.8. The third-order valence-corrected chi connectivity index (χ3v) is 5.52. The lowest BCUT2D eigenvalue weighted by molar-refractivity contribution is -0.137. The van der Waals surface area contributed by atoms with Gasteiger partial charge in [-0.3, -0.25) is 9.36 Å². The summed E-state index contributed by atoms with van der Waals surface area (Å²) in [6, 6.07) is 7.18. The fraction of sp³-hybridized carbons (Fsp3) is 0.320. The minimum Gasteiger partial charge on any atom is -0.496 e. The number of benzene rings is 2. The summed E-state index contributed by atoms with van der Waals surface area (Å²) in [4.78, 5) is 27.6. The van der Waals surface area contributed by atoms with E-state index in [-0.39, 0.29) is 12.0 Å². The number of ether oxygens (including phenoxy) is 1. The summed E-state index contributed by atoms with van der Waals surface area (Å²) in [6.07, 6.45) is 2.86. The molecule has 0 unspecified atom stereocenters. The van der Waals surface area contributed by atoms with Crippen molar-refractivity contribution in [3.8, 4) is 5.75 Å². The predicted octanol–water partition coefficient (Wildman–Crippen LogP) is 4.72. The molecule has 180 valence electrons. The minimum absolute atomic E-state index is 0.0279.